The van der Waals surface area contributed by atoms with Gasteiger partial charge >= 0.3 is 0 Å². The molecule has 6 heteroatoms. The van der Waals surface area contributed by atoms with Crippen LogP contribution in [-0.4, -0.2) is 42.4 Å². The molecule has 0 aromatic carbocycles. The SMILES string of the molecule is Cl.NCC1CCCCC1NC(=O)CN1CCCCC1=O. The van der Waals surface area contributed by atoms with Crippen LogP contribution in [0.15, 0.2) is 0 Å². The van der Waals surface area contributed by atoms with Crippen molar-refractivity contribution in [2.75, 3.05) is 19.6 Å². The Kier molecular flexibility index (Phi) is 7.30. The minimum absolute atomic E-state index is 0. The summed E-state index contributed by atoms with van der Waals surface area (Å²) in [5.41, 5.74) is 5.76. The van der Waals surface area contributed by atoms with Crippen LogP contribution in [0.25, 0.3) is 0 Å². The fourth-order valence-corrected chi connectivity index (χ4v) is 3.13. The van der Waals surface area contributed by atoms with Crippen LogP contribution < -0.4 is 11.1 Å². The number of rotatable bonds is 4. The van der Waals surface area contributed by atoms with Crippen molar-refractivity contribution < 1.29 is 9.59 Å². The molecule has 20 heavy (non-hydrogen) atoms. The molecule has 5 nitrogen and oxygen atoms in total. The molecule has 0 spiro atoms. The number of nitrogens with two attached hydrogens (primary N) is 1. The van der Waals surface area contributed by atoms with E-state index < -0.39 is 0 Å². The summed E-state index contributed by atoms with van der Waals surface area (Å²) in [5, 5.41) is 3.07. The third-order valence-corrected chi connectivity index (χ3v) is 4.31. The lowest BCUT2D eigenvalue weighted by molar-refractivity contribution is -0.138. The van der Waals surface area contributed by atoms with Crippen LogP contribution in [0, 0.1) is 5.92 Å². The minimum Gasteiger partial charge on any atom is -0.352 e. The normalized spacial score (nSPS) is 26.9. The number of halogens is 1. The van der Waals surface area contributed by atoms with Crippen molar-refractivity contribution in [2.24, 2.45) is 11.7 Å². The van der Waals surface area contributed by atoms with Gasteiger partial charge in [-0.2, -0.15) is 0 Å². The van der Waals surface area contributed by atoms with Crippen molar-refractivity contribution in [3.63, 3.8) is 0 Å². The lowest BCUT2D eigenvalue weighted by Crippen LogP contribution is -2.49. The van der Waals surface area contributed by atoms with Gasteiger partial charge < -0.3 is 16.0 Å². The van der Waals surface area contributed by atoms with E-state index in [-0.39, 0.29) is 36.8 Å². The van der Waals surface area contributed by atoms with Crippen molar-refractivity contribution in [2.45, 2.75) is 51.0 Å². The smallest absolute Gasteiger partial charge is 0.239 e. The summed E-state index contributed by atoms with van der Waals surface area (Å²) in [7, 11) is 0. The van der Waals surface area contributed by atoms with Crippen LogP contribution in [0.4, 0.5) is 0 Å². The zero-order chi connectivity index (χ0) is 13.7. The van der Waals surface area contributed by atoms with Crippen LogP contribution in [0.3, 0.4) is 0 Å². The summed E-state index contributed by atoms with van der Waals surface area (Å²) in [6.07, 6.45) is 7.03. The van der Waals surface area contributed by atoms with Crippen LogP contribution in [0.5, 0.6) is 0 Å². The van der Waals surface area contributed by atoms with Crippen LogP contribution in [0.1, 0.15) is 44.9 Å². The van der Waals surface area contributed by atoms with Gasteiger partial charge in [0, 0.05) is 19.0 Å². The van der Waals surface area contributed by atoms with Gasteiger partial charge in [-0.1, -0.05) is 12.8 Å². The van der Waals surface area contributed by atoms with Gasteiger partial charge in [0.2, 0.25) is 11.8 Å². The number of piperidine rings is 1. The Hall–Kier alpha value is -0.810. The molecular weight excluding hydrogens is 278 g/mol. The van der Waals surface area contributed by atoms with E-state index in [1.807, 2.05) is 0 Å². The van der Waals surface area contributed by atoms with Crippen molar-refractivity contribution in [1.82, 2.24) is 10.2 Å². The van der Waals surface area contributed by atoms with Gasteiger partial charge in [0.15, 0.2) is 0 Å². The predicted octanol–water partition coefficient (Wildman–Crippen LogP) is 1.05. The van der Waals surface area contributed by atoms with Gasteiger partial charge in [-0.15, -0.1) is 12.4 Å². The second-order valence-electron chi connectivity index (χ2n) is 5.73. The highest BCUT2D eigenvalue weighted by molar-refractivity contribution is 5.85. The second-order valence-corrected chi connectivity index (χ2v) is 5.73. The molecule has 2 atom stereocenters. The standard InChI is InChI=1S/C14H25N3O2.ClH/c15-9-11-5-1-2-6-12(11)16-13(18)10-17-8-4-3-7-14(17)19;/h11-12H,1-10,15H2,(H,16,18);1H. The first-order valence-corrected chi connectivity index (χ1v) is 7.48. The lowest BCUT2D eigenvalue weighted by Gasteiger charge is -2.32. The highest BCUT2D eigenvalue weighted by Crippen LogP contribution is 2.23. The van der Waals surface area contributed by atoms with Crippen LogP contribution in [0.2, 0.25) is 0 Å². The summed E-state index contributed by atoms with van der Waals surface area (Å²) in [5.74, 6) is 0.482. The van der Waals surface area contributed by atoms with E-state index in [1.54, 1.807) is 4.90 Å². The Labute approximate surface area is 127 Å². The second kappa shape index (κ2) is 8.47. The van der Waals surface area contributed by atoms with E-state index in [9.17, 15) is 9.59 Å². The molecule has 2 aliphatic rings. The molecule has 0 radical (unpaired) electrons. The molecule has 3 N–H and O–H groups in total. The van der Waals surface area contributed by atoms with Crippen molar-refractivity contribution in [1.29, 1.82) is 0 Å². The monoisotopic (exact) mass is 303 g/mol. The van der Waals surface area contributed by atoms with Crippen molar-refractivity contribution in [3.8, 4) is 0 Å². The fraction of sp³-hybridized carbons (Fsp3) is 0.857. The molecule has 116 valence electrons. The molecule has 0 bridgehead atoms. The maximum atomic E-state index is 12.0. The third-order valence-electron chi connectivity index (χ3n) is 4.31. The molecule has 1 heterocycles. The molecule has 1 saturated heterocycles. The highest BCUT2D eigenvalue weighted by atomic mass is 35.5. The largest absolute Gasteiger partial charge is 0.352 e. The number of carbonyl (C=O) groups excluding carboxylic acids is 2. The van der Waals surface area contributed by atoms with E-state index >= 15 is 0 Å². The zero-order valence-corrected chi connectivity index (χ0v) is 12.8. The van der Waals surface area contributed by atoms with Gasteiger partial charge in [0.25, 0.3) is 0 Å². The van der Waals surface area contributed by atoms with Crippen molar-refractivity contribution >= 4 is 24.2 Å². The number of likely N-dealkylation sites (tertiary alicyclic amines) is 1. The Morgan fingerprint density at radius 2 is 2.00 bits per heavy atom. The number of nitrogens with one attached hydrogen (secondary N) is 1. The highest BCUT2D eigenvalue weighted by Gasteiger charge is 2.27. The summed E-state index contributed by atoms with van der Waals surface area (Å²) in [6, 6.07) is 0.200. The molecule has 0 aromatic rings. The number of amides is 2. The van der Waals surface area contributed by atoms with E-state index in [0.717, 1.165) is 38.6 Å². The first-order chi connectivity index (χ1) is 9.20. The summed E-state index contributed by atoms with van der Waals surface area (Å²) in [6.45, 7) is 1.57. The average molecular weight is 304 g/mol. The zero-order valence-electron chi connectivity index (χ0n) is 12.0. The Morgan fingerprint density at radius 1 is 1.25 bits per heavy atom. The molecule has 2 amide bonds. The maximum absolute atomic E-state index is 12.0. The first-order valence-electron chi connectivity index (χ1n) is 7.48. The van der Waals surface area contributed by atoms with Crippen LogP contribution in [-0.2, 0) is 9.59 Å². The molecule has 1 aliphatic heterocycles. The summed E-state index contributed by atoms with van der Waals surface area (Å²) >= 11 is 0. The number of nitrogens with zero attached hydrogens (tertiary/aromatic N) is 1. The predicted molar refractivity (Wildman–Crippen MR) is 80.6 cm³/mol. The third kappa shape index (κ3) is 4.63. The summed E-state index contributed by atoms with van der Waals surface area (Å²) < 4.78 is 0. The van der Waals surface area contributed by atoms with E-state index in [2.05, 4.69) is 5.32 Å². The van der Waals surface area contributed by atoms with Gasteiger partial charge in [-0.25, -0.2) is 0 Å². The molecule has 2 unspecified atom stereocenters. The number of hydrogen-bond acceptors (Lipinski definition) is 3. The Morgan fingerprint density at radius 3 is 2.70 bits per heavy atom. The minimum atomic E-state index is -0.0272. The lowest BCUT2D eigenvalue weighted by atomic mass is 9.84. The molecule has 0 aromatic heterocycles. The molecule has 1 saturated carbocycles. The molecule has 2 fully saturated rings. The van der Waals surface area contributed by atoms with Gasteiger partial charge in [0.05, 0.1) is 6.54 Å². The van der Waals surface area contributed by atoms with E-state index in [1.165, 1.54) is 6.42 Å². The van der Waals surface area contributed by atoms with Gasteiger partial charge in [0.1, 0.15) is 0 Å². The van der Waals surface area contributed by atoms with Crippen LogP contribution >= 0.6 is 12.4 Å². The quantitative estimate of drug-likeness (QED) is 0.815. The Bertz CT molecular complexity index is 338. The molecule has 1 aliphatic carbocycles. The van der Waals surface area contributed by atoms with Crippen molar-refractivity contribution in [3.05, 3.63) is 0 Å². The van der Waals surface area contributed by atoms with Gasteiger partial charge in [-0.3, -0.25) is 9.59 Å². The fourth-order valence-electron chi connectivity index (χ4n) is 3.13. The van der Waals surface area contributed by atoms with E-state index in [4.69, 9.17) is 5.73 Å². The van der Waals surface area contributed by atoms with E-state index in [0.29, 0.717) is 18.9 Å². The number of hydrogen-bond donors (Lipinski definition) is 2. The number of carbonyl (C=O) groups is 2. The average Bonchev–Trinajstić information content (AvgIpc) is 2.42. The van der Waals surface area contributed by atoms with Gasteiger partial charge in [-0.05, 0) is 38.1 Å². The Balaban J connectivity index is 0.00000200. The summed E-state index contributed by atoms with van der Waals surface area (Å²) in [4.78, 5) is 25.4. The topological polar surface area (TPSA) is 75.4 Å². The molecular formula is C14H26ClN3O2. The molecule has 2 rings (SSSR count). The first kappa shape index (κ1) is 17.2. The maximum Gasteiger partial charge on any atom is 0.239 e.